The van der Waals surface area contributed by atoms with Gasteiger partial charge in [0.05, 0.1) is 6.61 Å². The maximum absolute atomic E-state index is 9.74. The molecule has 3 heteroatoms. The Morgan fingerprint density at radius 1 is 0.955 bits per heavy atom. The molecule has 0 unspecified atom stereocenters. The number of furan rings is 1. The van der Waals surface area contributed by atoms with Crippen molar-refractivity contribution in [2.24, 2.45) is 0 Å². The fourth-order valence-electron chi connectivity index (χ4n) is 2.41. The highest BCUT2D eigenvalue weighted by Gasteiger charge is 2.13. The number of aryl methyl sites for hydroxylation is 1. The highest BCUT2D eigenvalue weighted by molar-refractivity contribution is 5.65. The molecule has 0 saturated heterocycles. The van der Waals surface area contributed by atoms with Crippen molar-refractivity contribution < 1.29 is 14.3 Å². The fourth-order valence-corrected chi connectivity index (χ4v) is 2.41. The largest absolute Gasteiger partial charge is 0.489 e. The lowest BCUT2D eigenvalue weighted by Gasteiger charge is -2.13. The molecule has 2 aromatic carbocycles. The van der Waals surface area contributed by atoms with Gasteiger partial charge in [0, 0.05) is 11.1 Å². The van der Waals surface area contributed by atoms with Crippen molar-refractivity contribution in [2.45, 2.75) is 20.1 Å². The summed E-state index contributed by atoms with van der Waals surface area (Å²) < 4.78 is 11.5. The lowest BCUT2D eigenvalue weighted by molar-refractivity contribution is 0.259. The van der Waals surface area contributed by atoms with E-state index in [4.69, 9.17) is 9.15 Å². The maximum atomic E-state index is 9.74. The summed E-state index contributed by atoms with van der Waals surface area (Å²) in [6, 6.07) is 19.5. The van der Waals surface area contributed by atoms with Crippen LogP contribution < -0.4 is 4.74 Å². The van der Waals surface area contributed by atoms with E-state index in [0.29, 0.717) is 12.4 Å². The summed E-state index contributed by atoms with van der Waals surface area (Å²) in [7, 11) is 0. The first-order chi connectivity index (χ1) is 10.8. The monoisotopic (exact) mass is 294 g/mol. The second-order valence-electron chi connectivity index (χ2n) is 5.12. The molecule has 0 aliphatic heterocycles. The van der Waals surface area contributed by atoms with Crippen LogP contribution in [0.4, 0.5) is 0 Å². The van der Waals surface area contributed by atoms with Crippen molar-refractivity contribution in [2.75, 3.05) is 0 Å². The van der Waals surface area contributed by atoms with E-state index >= 15 is 0 Å². The Bertz CT molecular complexity index is 744. The number of aliphatic hydroxyl groups is 1. The third-order valence-electron chi connectivity index (χ3n) is 3.53. The summed E-state index contributed by atoms with van der Waals surface area (Å²) in [4.78, 5) is 0. The van der Waals surface area contributed by atoms with Crippen LogP contribution >= 0.6 is 0 Å². The van der Waals surface area contributed by atoms with Gasteiger partial charge in [-0.25, -0.2) is 0 Å². The van der Waals surface area contributed by atoms with Gasteiger partial charge < -0.3 is 14.3 Å². The lowest BCUT2D eigenvalue weighted by atomic mass is 10.0. The zero-order valence-electron chi connectivity index (χ0n) is 12.5. The second kappa shape index (κ2) is 6.50. The SMILES string of the molecule is Cc1ccc(-c2cccc(OCc3ccccc3)c2CO)o1. The van der Waals surface area contributed by atoms with Gasteiger partial charge in [-0.15, -0.1) is 0 Å². The average molecular weight is 294 g/mol. The number of rotatable bonds is 5. The third kappa shape index (κ3) is 3.05. The Morgan fingerprint density at radius 2 is 1.77 bits per heavy atom. The first-order valence-corrected chi connectivity index (χ1v) is 7.24. The Morgan fingerprint density at radius 3 is 2.45 bits per heavy atom. The molecular weight excluding hydrogens is 276 g/mol. The molecule has 22 heavy (non-hydrogen) atoms. The molecule has 0 amide bonds. The molecule has 0 aliphatic carbocycles. The molecule has 112 valence electrons. The van der Waals surface area contributed by atoms with Crippen molar-refractivity contribution >= 4 is 0 Å². The zero-order valence-corrected chi connectivity index (χ0v) is 12.5. The van der Waals surface area contributed by atoms with Crippen LogP contribution in [0.3, 0.4) is 0 Å². The van der Waals surface area contributed by atoms with Gasteiger partial charge in [-0.3, -0.25) is 0 Å². The highest BCUT2D eigenvalue weighted by atomic mass is 16.5. The molecule has 0 atom stereocenters. The van der Waals surface area contributed by atoms with Crippen LogP contribution in [-0.2, 0) is 13.2 Å². The maximum Gasteiger partial charge on any atom is 0.134 e. The van der Waals surface area contributed by atoms with Crippen LogP contribution in [0.15, 0.2) is 65.1 Å². The summed E-state index contributed by atoms with van der Waals surface area (Å²) in [6.07, 6.45) is 0. The molecule has 0 spiro atoms. The van der Waals surface area contributed by atoms with Gasteiger partial charge in [0.15, 0.2) is 0 Å². The average Bonchev–Trinajstić information content (AvgIpc) is 2.99. The van der Waals surface area contributed by atoms with Crippen molar-refractivity contribution in [1.82, 2.24) is 0 Å². The first kappa shape index (κ1) is 14.4. The predicted octanol–water partition coefficient (Wildman–Crippen LogP) is 4.33. The van der Waals surface area contributed by atoms with Gasteiger partial charge in [0.25, 0.3) is 0 Å². The first-order valence-electron chi connectivity index (χ1n) is 7.24. The van der Waals surface area contributed by atoms with Crippen molar-refractivity contribution in [3.63, 3.8) is 0 Å². The van der Waals surface area contributed by atoms with Crippen molar-refractivity contribution in [3.05, 3.63) is 77.6 Å². The summed E-state index contributed by atoms with van der Waals surface area (Å²) >= 11 is 0. The van der Waals surface area contributed by atoms with E-state index < -0.39 is 0 Å². The van der Waals surface area contributed by atoms with Gasteiger partial charge in [0.2, 0.25) is 0 Å². The minimum atomic E-state index is -0.0972. The van der Waals surface area contributed by atoms with E-state index in [1.165, 1.54) is 0 Å². The summed E-state index contributed by atoms with van der Waals surface area (Å²) in [5.74, 6) is 2.26. The number of hydrogen-bond donors (Lipinski definition) is 1. The zero-order chi connectivity index (χ0) is 15.4. The second-order valence-corrected chi connectivity index (χ2v) is 5.12. The van der Waals surface area contributed by atoms with Crippen LogP contribution in [0.25, 0.3) is 11.3 Å². The molecule has 3 aromatic rings. The quantitative estimate of drug-likeness (QED) is 0.761. The van der Waals surface area contributed by atoms with Crippen molar-refractivity contribution in [3.8, 4) is 17.1 Å². The van der Waals surface area contributed by atoms with E-state index in [2.05, 4.69) is 0 Å². The highest BCUT2D eigenvalue weighted by Crippen LogP contribution is 2.32. The minimum Gasteiger partial charge on any atom is -0.489 e. The number of ether oxygens (including phenoxy) is 1. The van der Waals surface area contributed by atoms with Gasteiger partial charge in [-0.2, -0.15) is 0 Å². The standard InChI is InChI=1S/C19H18O3/c1-14-10-11-19(22-14)16-8-5-9-18(17(16)12-20)21-13-15-6-3-2-4-7-15/h2-11,20H,12-13H2,1H3. The molecule has 0 aliphatic rings. The molecular formula is C19H18O3. The van der Waals surface area contributed by atoms with E-state index in [1.807, 2.05) is 67.6 Å². The topological polar surface area (TPSA) is 42.6 Å². The molecule has 0 bridgehead atoms. The molecule has 3 nitrogen and oxygen atoms in total. The van der Waals surface area contributed by atoms with E-state index in [0.717, 1.165) is 28.2 Å². The summed E-state index contributed by atoms with van der Waals surface area (Å²) in [6.45, 7) is 2.27. The Kier molecular flexibility index (Phi) is 4.26. The van der Waals surface area contributed by atoms with Gasteiger partial charge in [-0.1, -0.05) is 42.5 Å². The minimum absolute atomic E-state index is 0.0972. The molecule has 0 radical (unpaired) electrons. The summed E-state index contributed by atoms with van der Waals surface area (Å²) in [5, 5.41) is 9.74. The number of hydrogen-bond acceptors (Lipinski definition) is 3. The molecule has 1 aromatic heterocycles. The van der Waals surface area contributed by atoms with E-state index in [-0.39, 0.29) is 6.61 Å². The Balaban J connectivity index is 1.88. The van der Waals surface area contributed by atoms with Gasteiger partial charge >= 0.3 is 0 Å². The smallest absolute Gasteiger partial charge is 0.134 e. The Hall–Kier alpha value is -2.52. The van der Waals surface area contributed by atoms with Crippen molar-refractivity contribution in [1.29, 1.82) is 0 Å². The lowest BCUT2D eigenvalue weighted by Crippen LogP contribution is -2.00. The van der Waals surface area contributed by atoms with E-state index in [9.17, 15) is 5.11 Å². The molecule has 1 N–H and O–H groups in total. The molecule has 1 heterocycles. The number of benzene rings is 2. The molecule has 3 rings (SSSR count). The van der Waals surface area contributed by atoms with Crippen LogP contribution in [0, 0.1) is 6.92 Å². The van der Waals surface area contributed by atoms with Crippen LogP contribution in [-0.4, -0.2) is 5.11 Å². The summed E-state index contributed by atoms with van der Waals surface area (Å²) in [5.41, 5.74) is 2.69. The van der Waals surface area contributed by atoms with Crippen LogP contribution in [0.5, 0.6) is 5.75 Å². The van der Waals surface area contributed by atoms with E-state index in [1.54, 1.807) is 0 Å². The predicted molar refractivity (Wildman–Crippen MR) is 85.6 cm³/mol. The van der Waals surface area contributed by atoms with Gasteiger partial charge in [-0.05, 0) is 30.7 Å². The Labute approximate surface area is 129 Å². The molecule has 0 fully saturated rings. The third-order valence-corrected chi connectivity index (χ3v) is 3.53. The van der Waals surface area contributed by atoms with Crippen LogP contribution in [0.2, 0.25) is 0 Å². The normalized spacial score (nSPS) is 10.6. The van der Waals surface area contributed by atoms with Crippen LogP contribution in [0.1, 0.15) is 16.9 Å². The number of aliphatic hydroxyl groups excluding tert-OH is 1. The van der Waals surface area contributed by atoms with Gasteiger partial charge in [0.1, 0.15) is 23.9 Å². The molecule has 0 saturated carbocycles. The fraction of sp³-hybridized carbons (Fsp3) is 0.158.